The molecule has 0 saturated heterocycles. The largest absolute Gasteiger partial charge is 0.345 e. The van der Waals surface area contributed by atoms with Gasteiger partial charge in [0.25, 0.3) is 5.91 Å². The van der Waals surface area contributed by atoms with Crippen LogP contribution in [-0.4, -0.2) is 5.91 Å². The molecule has 0 saturated carbocycles. The SMILES string of the molecule is CC1CCc2ccccc2C1NC(=O)c1ccc(CN)cc1. The number of amides is 1. The second-order valence-corrected chi connectivity index (χ2v) is 6.07. The van der Waals surface area contributed by atoms with Crippen molar-refractivity contribution >= 4 is 5.91 Å². The molecule has 3 N–H and O–H groups in total. The van der Waals surface area contributed by atoms with E-state index in [4.69, 9.17) is 5.73 Å². The van der Waals surface area contributed by atoms with Crippen molar-refractivity contribution in [2.24, 2.45) is 11.7 Å². The molecule has 22 heavy (non-hydrogen) atoms. The first kappa shape index (κ1) is 14.8. The third-order valence-corrected chi connectivity index (χ3v) is 4.57. The minimum Gasteiger partial charge on any atom is -0.345 e. The van der Waals surface area contributed by atoms with Gasteiger partial charge in [0.05, 0.1) is 6.04 Å². The fraction of sp³-hybridized carbons (Fsp3) is 0.316. The number of carbonyl (C=O) groups is 1. The van der Waals surface area contributed by atoms with Crippen LogP contribution in [0.2, 0.25) is 0 Å². The van der Waals surface area contributed by atoms with Gasteiger partial charge in [-0.3, -0.25) is 4.79 Å². The molecule has 2 aromatic carbocycles. The van der Waals surface area contributed by atoms with Crippen LogP contribution in [0.25, 0.3) is 0 Å². The van der Waals surface area contributed by atoms with Gasteiger partial charge >= 0.3 is 0 Å². The Kier molecular flexibility index (Phi) is 4.25. The van der Waals surface area contributed by atoms with Crippen LogP contribution in [0.15, 0.2) is 48.5 Å². The smallest absolute Gasteiger partial charge is 0.251 e. The summed E-state index contributed by atoms with van der Waals surface area (Å²) in [6.07, 6.45) is 2.20. The van der Waals surface area contributed by atoms with E-state index in [1.807, 2.05) is 30.3 Å². The van der Waals surface area contributed by atoms with Crippen molar-refractivity contribution in [3.63, 3.8) is 0 Å². The van der Waals surface area contributed by atoms with E-state index in [1.54, 1.807) is 0 Å². The van der Waals surface area contributed by atoms with E-state index in [1.165, 1.54) is 11.1 Å². The molecule has 3 nitrogen and oxygen atoms in total. The summed E-state index contributed by atoms with van der Waals surface area (Å²) < 4.78 is 0. The summed E-state index contributed by atoms with van der Waals surface area (Å²) in [4.78, 5) is 12.5. The number of fused-ring (bicyclic) bond motifs is 1. The molecule has 1 aliphatic rings. The quantitative estimate of drug-likeness (QED) is 0.913. The Bertz CT molecular complexity index is 663. The van der Waals surface area contributed by atoms with Gasteiger partial charge in [-0.2, -0.15) is 0 Å². The monoisotopic (exact) mass is 294 g/mol. The predicted molar refractivity (Wildman–Crippen MR) is 88.5 cm³/mol. The maximum absolute atomic E-state index is 12.5. The molecule has 0 aromatic heterocycles. The summed E-state index contributed by atoms with van der Waals surface area (Å²) in [5.74, 6) is 0.430. The molecular formula is C19H22N2O. The second-order valence-electron chi connectivity index (χ2n) is 6.07. The Morgan fingerprint density at radius 3 is 2.64 bits per heavy atom. The van der Waals surface area contributed by atoms with Gasteiger partial charge in [-0.05, 0) is 47.6 Å². The fourth-order valence-corrected chi connectivity index (χ4v) is 3.16. The highest BCUT2D eigenvalue weighted by atomic mass is 16.1. The number of carbonyl (C=O) groups excluding carboxylic acids is 1. The van der Waals surface area contributed by atoms with Crippen molar-refractivity contribution in [1.82, 2.24) is 5.32 Å². The highest BCUT2D eigenvalue weighted by Gasteiger charge is 2.27. The molecule has 1 aliphatic carbocycles. The normalized spacial score (nSPS) is 20.3. The van der Waals surface area contributed by atoms with Crippen molar-refractivity contribution in [2.45, 2.75) is 32.4 Å². The van der Waals surface area contributed by atoms with Gasteiger partial charge in [-0.15, -0.1) is 0 Å². The minimum absolute atomic E-state index is 0.0166. The summed E-state index contributed by atoms with van der Waals surface area (Å²) >= 11 is 0. The molecule has 0 aliphatic heterocycles. The van der Waals surface area contributed by atoms with Crippen LogP contribution < -0.4 is 11.1 Å². The van der Waals surface area contributed by atoms with Crippen LogP contribution in [0.4, 0.5) is 0 Å². The van der Waals surface area contributed by atoms with Crippen molar-refractivity contribution in [3.8, 4) is 0 Å². The van der Waals surface area contributed by atoms with E-state index in [0.29, 0.717) is 18.0 Å². The number of benzene rings is 2. The Hall–Kier alpha value is -2.13. The number of rotatable bonds is 3. The lowest BCUT2D eigenvalue weighted by molar-refractivity contribution is 0.0919. The lowest BCUT2D eigenvalue weighted by atomic mass is 9.80. The summed E-state index contributed by atoms with van der Waals surface area (Å²) in [6, 6.07) is 16.0. The van der Waals surface area contributed by atoms with E-state index in [0.717, 1.165) is 18.4 Å². The predicted octanol–water partition coefficient (Wildman–Crippen LogP) is 3.20. The van der Waals surface area contributed by atoms with Crippen molar-refractivity contribution in [1.29, 1.82) is 0 Å². The second kappa shape index (κ2) is 6.32. The number of hydrogen-bond donors (Lipinski definition) is 2. The topological polar surface area (TPSA) is 55.1 Å². The minimum atomic E-state index is -0.0166. The standard InChI is InChI=1S/C19H22N2O/c1-13-6-9-15-4-2-3-5-17(15)18(13)21-19(22)16-10-7-14(12-20)8-11-16/h2-5,7-8,10-11,13,18H,6,9,12,20H2,1H3,(H,21,22). The highest BCUT2D eigenvalue weighted by molar-refractivity contribution is 5.94. The number of nitrogens with one attached hydrogen (secondary N) is 1. The highest BCUT2D eigenvalue weighted by Crippen LogP contribution is 2.34. The molecule has 114 valence electrons. The first-order chi connectivity index (χ1) is 10.7. The molecule has 2 unspecified atom stereocenters. The van der Waals surface area contributed by atoms with Crippen LogP contribution in [0, 0.1) is 5.92 Å². The zero-order chi connectivity index (χ0) is 15.5. The average molecular weight is 294 g/mol. The maximum atomic E-state index is 12.5. The van der Waals surface area contributed by atoms with Gasteiger partial charge in [0.1, 0.15) is 0 Å². The third kappa shape index (κ3) is 2.90. The van der Waals surface area contributed by atoms with Gasteiger partial charge in [-0.25, -0.2) is 0 Å². The summed E-state index contributed by atoms with van der Waals surface area (Å²) in [7, 11) is 0. The zero-order valence-corrected chi connectivity index (χ0v) is 12.9. The van der Waals surface area contributed by atoms with Crippen LogP contribution in [0.3, 0.4) is 0 Å². The molecule has 2 aromatic rings. The Labute approximate surface area is 131 Å². The van der Waals surface area contributed by atoms with Gasteiger partial charge in [0, 0.05) is 12.1 Å². The summed E-state index contributed by atoms with van der Waals surface area (Å²) in [5, 5.41) is 3.21. The number of aryl methyl sites for hydroxylation is 1. The zero-order valence-electron chi connectivity index (χ0n) is 12.9. The Morgan fingerprint density at radius 1 is 1.18 bits per heavy atom. The molecule has 3 heteroatoms. The molecule has 0 spiro atoms. The molecule has 0 fully saturated rings. The van der Waals surface area contributed by atoms with E-state index in [2.05, 4.69) is 30.4 Å². The molecule has 2 atom stereocenters. The summed E-state index contributed by atoms with van der Waals surface area (Å²) in [5.41, 5.74) is 9.93. The third-order valence-electron chi connectivity index (χ3n) is 4.57. The van der Waals surface area contributed by atoms with Crippen LogP contribution in [0.5, 0.6) is 0 Å². The molecule has 3 rings (SSSR count). The molecule has 0 radical (unpaired) electrons. The van der Waals surface area contributed by atoms with Crippen molar-refractivity contribution in [2.75, 3.05) is 0 Å². The first-order valence-electron chi connectivity index (χ1n) is 7.86. The maximum Gasteiger partial charge on any atom is 0.251 e. The average Bonchev–Trinajstić information content (AvgIpc) is 2.57. The molecule has 0 bridgehead atoms. The Morgan fingerprint density at radius 2 is 1.91 bits per heavy atom. The van der Waals surface area contributed by atoms with Crippen molar-refractivity contribution < 1.29 is 4.79 Å². The molecular weight excluding hydrogens is 272 g/mol. The fourth-order valence-electron chi connectivity index (χ4n) is 3.16. The van der Waals surface area contributed by atoms with E-state index in [-0.39, 0.29) is 11.9 Å². The van der Waals surface area contributed by atoms with Crippen LogP contribution in [0.1, 0.15) is 46.4 Å². The first-order valence-corrected chi connectivity index (χ1v) is 7.86. The Balaban J connectivity index is 1.81. The van der Waals surface area contributed by atoms with Crippen molar-refractivity contribution in [3.05, 3.63) is 70.8 Å². The summed E-state index contributed by atoms with van der Waals surface area (Å²) in [6.45, 7) is 2.70. The van der Waals surface area contributed by atoms with Crippen LogP contribution >= 0.6 is 0 Å². The van der Waals surface area contributed by atoms with E-state index in [9.17, 15) is 4.79 Å². The van der Waals surface area contributed by atoms with Gasteiger partial charge in [0.2, 0.25) is 0 Å². The number of hydrogen-bond acceptors (Lipinski definition) is 2. The van der Waals surface area contributed by atoms with E-state index < -0.39 is 0 Å². The van der Waals surface area contributed by atoms with Crippen LogP contribution in [-0.2, 0) is 13.0 Å². The lowest BCUT2D eigenvalue weighted by Crippen LogP contribution is -2.35. The molecule has 1 amide bonds. The van der Waals surface area contributed by atoms with Gasteiger partial charge in [0.15, 0.2) is 0 Å². The van der Waals surface area contributed by atoms with Gasteiger partial charge in [-0.1, -0.05) is 43.3 Å². The number of nitrogens with two attached hydrogens (primary N) is 1. The van der Waals surface area contributed by atoms with E-state index >= 15 is 0 Å². The lowest BCUT2D eigenvalue weighted by Gasteiger charge is -2.32. The van der Waals surface area contributed by atoms with Gasteiger partial charge < -0.3 is 11.1 Å². The molecule has 0 heterocycles.